The predicted octanol–water partition coefficient (Wildman–Crippen LogP) is 0.459. The first-order chi connectivity index (χ1) is 9.22. The third kappa shape index (κ3) is 3.45. The van der Waals surface area contributed by atoms with Crippen LogP contribution >= 0.6 is 11.8 Å². The number of nitrogens with zero attached hydrogens (tertiary/aromatic N) is 3. The minimum absolute atomic E-state index is 0.334. The summed E-state index contributed by atoms with van der Waals surface area (Å²) in [6, 6.07) is 0. The monoisotopic (exact) mass is 280 g/mol. The molecule has 1 unspecified atom stereocenters. The van der Waals surface area contributed by atoms with Crippen LogP contribution in [0.15, 0.2) is 24.8 Å². The first-order valence-electron chi connectivity index (χ1n) is 5.93. The molecule has 0 spiro atoms. The molecule has 0 fully saturated rings. The van der Waals surface area contributed by atoms with Gasteiger partial charge in [0.1, 0.15) is 6.10 Å². The quantitative estimate of drug-likeness (QED) is 0.803. The van der Waals surface area contributed by atoms with Crippen LogP contribution in [-0.2, 0) is 11.3 Å². The Morgan fingerprint density at radius 3 is 3.21 bits per heavy atom. The lowest BCUT2D eigenvalue weighted by atomic mass is 10.2. The molecule has 19 heavy (non-hydrogen) atoms. The highest BCUT2D eigenvalue weighted by Gasteiger charge is 2.14. The van der Waals surface area contributed by atoms with Crippen molar-refractivity contribution in [1.82, 2.24) is 19.7 Å². The van der Waals surface area contributed by atoms with E-state index in [-0.39, 0.29) is 5.91 Å². The number of nitrogens with one attached hydrogen (secondary N) is 1. The van der Waals surface area contributed by atoms with Gasteiger partial charge in [-0.15, -0.1) is 0 Å². The van der Waals surface area contributed by atoms with Crippen molar-refractivity contribution < 1.29 is 9.90 Å². The summed E-state index contributed by atoms with van der Waals surface area (Å²) in [4.78, 5) is 19.8. The van der Waals surface area contributed by atoms with E-state index in [1.54, 1.807) is 36.5 Å². The number of imidazole rings is 1. The first kappa shape index (κ1) is 13.8. The molecule has 1 amide bonds. The maximum atomic E-state index is 11.7. The van der Waals surface area contributed by atoms with Gasteiger partial charge in [-0.2, -0.15) is 11.8 Å². The van der Waals surface area contributed by atoms with Crippen LogP contribution in [0.3, 0.4) is 0 Å². The van der Waals surface area contributed by atoms with Crippen LogP contribution in [0.25, 0.3) is 5.65 Å². The van der Waals surface area contributed by atoms with Crippen molar-refractivity contribution in [3.8, 4) is 0 Å². The summed E-state index contributed by atoms with van der Waals surface area (Å²) in [6.07, 6.45) is 8.24. The van der Waals surface area contributed by atoms with Gasteiger partial charge in [0.25, 0.3) is 0 Å². The predicted molar refractivity (Wildman–Crippen MR) is 73.8 cm³/mol. The molecule has 0 aliphatic rings. The zero-order valence-electron chi connectivity index (χ0n) is 10.6. The Bertz CT molecular complexity index is 557. The van der Waals surface area contributed by atoms with Crippen LogP contribution in [0.2, 0.25) is 0 Å². The molecule has 0 bridgehead atoms. The summed E-state index contributed by atoms with van der Waals surface area (Å²) in [7, 11) is 0. The minimum Gasteiger partial charge on any atom is -0.383 e. The standard InChI is InChI=1S/C12H16N4O2S/c1-19-5-2-10(17)12(18)15-7-9-6-14-11-8-13-3-4-16(9)11/h3-4,6,8,10,17H,2,5,7H2,1H3,(H,15,18). The maximum absolute atomic E-state index is 11.7. The zero-order valence-corrected chi connectivity index (χ0v) is 11.4. The summed E-state index contributed by atoms with van der Waals surface area (Å²) < 4.78 is 1.85. The van der Waals surface area contributed by atoms with Crippen molar-refractivity contribution in [2.24, 2.45) is 0 Å². The Kier molecular flexibility index (Phi) is 4.75. The Balaban J connectivity index is 1.93. The Hall–Kier alpha value is -1.60. The topological polar surface area (TPSA) is 79.5 Å². The van der Waals surface area contributed by atoms with E-state index >= 15 is 0 Å². The van der Waals surface area contributed by atoms with Gasteiger partial charge in [0.15, 0.2) is 5.65 Å². The van der Waals surface area contributed by atoms with Gasteiger partial charge in [0.2, 0.25) is 5.91 Å². The Morgan fingerprint density at radius 2 is 2.42 bits per heavy atom. The molecular formula is C12H16N4O2S. The van der Waals surface area contributed by atoms with Crippen LogP contribution < -0.4 is 5.32 Å². The molecule has 0 aromatic carbocycles. The normalized spacial score (nSPS) is 12.5. The molecule has 2 rings (SSSR count). The molecule has 0 radical (unpaired) electrons. The number of fused-ring (bicyclic) bond motifs is 1. The number of hydrogen-bond donors (Lipinski definition) is 2. The molecule has 2 heterocycles. The number of carbonyl (C=O) groups excluding carboxylic acids is 1. The lowest BCUT2D eigenvalue weighted by molar-refractivity contribution is -0.129. The number of thioether (sulfide) groups is 1. The Labute approximate surface area is 115 Å². The van der Waals surface area contributed by atoms with Crippen LogP contribution in [0.1, 0.15) is 12.1 Å². The average molecular weight is 280 g/mol. The average Bonchev–Trinajstić information content (AvgIpc) is 2.85. The van der Waals surface area contributed by atoms with Crippen molar-refractivity contribution in [1.29, 1.82) is 0 Å². The van der Waals surface area contributed by atoms with E-state index < -0.39 is 6.10 Å². The smallest absolute Gasteiger partial charge is 0.249 e. The van der Waals surface area contributed by atoms with E-state index in [1.807, 2.05) is 10.7 Å². The second-order valence-corrected chi connectivity index (χ2v) is 5.05. The number of aromatic nitrogens is 3. The lowest BCUT2D eigenvalue weighted by Gasteiger charge is -2.10. The molecule has 0 aliphatic carbocycles. The highest BCUT2D eigenvalue weighted by Crippen LogP contribution is 2.05. The summed E-state index contributed by atoms with van der Waals surface area (Å²) in [5.74, 6) is 0.411. The van der Waals surface area contributed by atoms with Gasteiger partial charge >= 0.3 is 0 Å². The minimum atomic E-state index is -0.951. The van der Waals surface area contributed by atoms with E-state index in [9.17, 15) is 9.90 Å². The van der Waals surface area contributed by atoms with E-state index in [1.165, 1.54) is 0 Å². The third-order valence-corrected chi connectivity index (χ3v) is 3.38. The molecular weight excluding hydrogens is 264 g/mol. The van der Waals surface area contributed by atoms with Crippen LogP contribution in [0.5, 0.6) is 0 Å². The molecule has 7 heteroatoms. The van der Waals surface area contributed by atoms with Gasteiger partial charge in [-0.05, 0) is 18.4 Å². The SMILES string of the molecule is CSCCC(O)C(=O)NCc1cnc2cnccn12. The highest BCUT2D eigenvalue weighted by atomic mass is 32.2. The van der Waals surface area contributed by atoms with Gasteiger partial charge in [-0.3, -0.25) is 14.2 Å². The maximum Gasteiger partial charge on any atom is 0.249 e. The number of carbonyl (C=O) groups is 1. The van der Waals surface area contributed by atoms with E-state index in [4.69, 9.17) is 0 Å². The molecule has 0 saturated carbocycles. The first-order valence-corrected chi connectivity index (χ1v) is 7.32. The zero-order chi connectivity index (χ0) is 13.7. The van der Waals surface area contributed by atoms with Crippen LogP contribution in [0.4, 0.5) is 0 Å². The fourth-order valence-electron chi connectivity index (χ4n) is 1.68. The molecule has 0 saturated heterocycles. The van der Waals surface area contributed by atoms with Crippen molar-refractivity contribution in [2.75, 3.05) is 12.0 Å². The Morgan fingerprint density at radius 1 is 1.58 bits per heavy atom. The molecule has 2 aromatic rings. The van der Waals surface area contributed by atoms with Crippen molar-refractivity contribution in [3.05, 3.63) is 30.5 Å². The number of rotatable bonds is 6. The summed E-state index contributed by atoms with van der Waals surface area (Å²) in [6.45, 7) is 0.334. The van der Waals surface area contributed by atoms with Gasteiger partial charge in [0.05, 0.1) is 24.6 Å². The van der Waals surface area contributed by atoms with Crippen molar-refractivity contribution in [2.45, 2.75) is 19.1 Å². The fraction of sp³-hybridized carbons (Fsp3) is 0.417. The van der Waals surface area contributed by atoms with Crippen molar-refractivity contribution in [3.63, 3.8) is 0 Å². The molecule has 0 aliphatic heterocycles. The highest BCUT2D eigenvalue weighted by molar-refractivity contribution is 7.98. The van der Waals surface area contributed by atoms with Gasteiger partial charge < -0.3 is 10.4 Å². The summed E-state index contributed by atoms with van der Waals surface area (Å²) in [5, 5.41) is 12.3. The molecule has 2 aromatic heterocycles. The molecule has 6 nitrogen and oxygen atoms in total. The van der Waals surface area contributed by atoms with Crippen molar-refractivity contribution >= 4 is 23.3 Å². The fourth-order valence-corrected chi connectivity index (χ4v) is 2.14. The van der Waals surface area contributed by atoms with Crippen LogP contribution in [0, 0.1) is 0 Å². The second kappa shape index (κ2) is 6.53. The summed E-state index contributed by atoms with van der Waals surface area (Å²) in [5.41, 5.74) is 1.58. The van der Waals surface area contributed by atoms with E-state index in [2.05, 4.69) is 15.3 Å². The summed E-state index contributed by atoms with van der Waals surface area (Å²) >= 11 is 1.60. The van der Waals surface area contributed by atoms with E-state index in [0.29, 0.717) is 13.0 Å². The number of aliphatic hydroxyl groups is 1. The van der Waals surface area contributed by atoms with E-state index in [0.717, 1.165) is 17.1 Å². The largest absolute Gasteiger partial charge is 0.383 e. The van der Waals surface area contributed by atoms with Gasteiger partial charge in [-0.1, -0.05) is 0 Å². The molecule has 102 valence electrons. The van der Waals surface area contributed by atoms with Gasteiger partial charge in [0, 0.05) is 12.4 Å². The number of hydrogen-bond acceptors (Lipinski definition) is 5. The molecule has 2 N–H and O–H groups in total. The second-order valence-electron chi connectivity index (χ2n) is 4.07. The lowest BCUT2D eigenvalue weighted by Crippen LogP contribution is -2.34. The third-order valence-electron chi connectivity index (χ3n) is 2.74. The van der Waals surface area contributed by atoms with Crippen LogP contribution in [-0.4, -0.2) is 43.5 Å². The van der Waals surface area contributed by atoms with Gasteiger partial charge in [-0.25, -0.2) is 4.98 Å². The number of amides is 1. The number of aliphatic hydroxyl groups excluding tert-OH is 1. The molecule has 1 atom stereocenters.